The predicted octanol–water partition coefficient (Wildman–Crippen LogP) is 3.96. The van der Waals surface area contributed by atoms with Crippen molar-refractivity contribution in [1.29, 1.82) is 0 Å². The molecule has 0 amide bonds. The van der Waals surface area contributed by atoms with Crippen LogP contribution in [0.15, 0.2) is 59.1 Å². The number of carbonyl (C=O) groups excluding carboxylic acids is 1. The van der Waals surface area contributed by atoms with Crippen molar-refractivity contribution in [1.82, 2.24) is 9.97 Å². The lowest BCUT2D eigenvalue weighted by Gasteiger charge is -2.11. The summed E-state index contributed by atoms with van der Waals surface area (Å²) in [6, 6.07) is 14.8. The van der Waals surface area contributed by atoms with Gasteiger partial charge in [0.25, 0.3) is 0 Å². The smallest absolute Gasteiger partial charge is 0.361 e. The van der Waals surface area contributed by atoms with E-state index in [1.165, 1.54) is 0 Å². The first kappa shape index (κ1) is 15.0. The molecule has 0 aliphatic carbocycles. The molecule has 0 saturated heterocycles. The summed E-state index contributed by atoms with van der Waals surface area (Å²) in [6.45, 7) is 3.47. The van der Waals surface area contributed by atoms with E-state index in [0.29, 0.717) is 17.3 Å². The molecule has 1 atom stereocenters. The van der Waals surface area contributed by atoms with Gasteiger partial charge in [0.1, 0.15) is 6.10 Å². The van der Waals surface area contributed by atoms with Crippen molar-refractivity contribution in [3.63, 3.8) is 0 Å². The number of hydrogen-bond donors (Lipinski definition) is 0. The number of aryl methyl sites for hydroxylation is 1. The van der Waals surface area contributed by atoms with Crippen molar-refractivity contribution >= 4 is 5.97 Å². The fourth-order valence-electron chi connectivity index (χ4n) is 2.24. The average Bonchev–Trinajstić information content (AvgIpc) is 2.98. The molecule has 23 heavy (non-hydrogen) atoms. The maximum absolute atomic E-state index is 12.5. The van der Waals surface area contributed by atoms with Gasteiger partial charge in [-0.1, -0.05) is 36.4 Å². The van der Waals surface area contributed by atoms with Gasteiger partial charge in [-0.2, -0.15) is 0 Å². The molecule has 0 aliphatic rings. The highest BCUT2D eigenvalue weighted by molar-refractivity contribution is 5.93. The van der Waals surface area contributed by atoms with Gasteiger partial charge in [-0.3, -0.25) is 4.98 Å². The first-order chi connectivity index (χ1) is 11.1. The predicted molar refractivity (Wildman–Crippen MR) is 84.7 cm³/mol. The summed E-state index contributed by atoms with van der Waals surface area (Å²) < 4.78 is 11.1. The number of esters is 1. The molecule has 2 heterocycles. The lowest BCUT2D eigenvalue weighted by atomic mass is 10.1. The Hall–Kier alpha value is -2.95. The molecule has 0 spiro atoms. The van der Waals surface area contributed by atoms with Crippen LogP contribution >= 0.6 is 0 Å². The van der Waals surface area contributed by atoms with Gasteiger partial charge in [0.15, 0.2) is 17.3 Å². The zero-order valence-corrected chi connectivity index (χ0v) is 12.9. The summed E-state index contributed by atoms with van der Waals surface area (Å²) in [4.78, 5) is 20.8. The van der Waals surface area contributed by atoms with E-state index in [0.717, 1.165) is 5.56 Å². The molecule has 0 radical (unpaired) electrons. The van der Waals surface area contributed by atoms with Crippen LogP contribution in [0.1, 0.15) is 35.1 Å². The second-order valence-corrected chi connectivity index (χ2v) is 5.08. The Morgan fingerprint density at radius 2 is 1.87 bits per heavy atom. The molecule has 0 bridgehead atoms. The molecule has 116 valence electrons. The number of rotatable bonds is 4. The van der Waals surface area contributed by atoms with Crippen LogP contribution < -0.4 is 0 Å². The van der Waals surface area contributed by atoms with Crippen molar-refractivity contribution in [2.45, 2.75) is 20.0 Å². The van der Waals surface area contributed by atoms with Gasteiger partial charge >= 0.3 is 5.97 Å². The van der Waals surface area contributed by atoms with Gasteiger partial charge in [-0.15, -0.1) is 0 Å². The third-order valence-electron chi connectivity index (χ3n) is 3.35. The van der Waals surface area contributed by atoms with Crippen LogP contribution in [0.25, 0.3) is 11.3 Å². The standard InChI is InChI=1S/C18H16N2O3/c1-12(15-10-6-7-11-19-15)22-18(21)16-17(23-13(2)20-16)14-8-4-3-5-9-14/h3-12H,1-2H3/t12-/m0/s1. The quantitative estimate of drug-likeness (QED) is 0.682. The van der Waals surface area contributed by atoms with E-state index >= 15 is 0 Å². The summed E-state index contributed by atoms with van der Waals surface area (Å²) in [5.74, 6) is 0.307. The van der Waals surface area contributed by atoms with E-state index in [2.05, 4.69) is 9.97 Å². The van der Waals surface area contributed by atoms with Gasteiger partial charge in [0, 0.05) is 18.7 Å². The third kappa shape index (κ3) is 3.29. The topological polar surface area (TPSA) is 65.2 Å². The van der Waals surface area contributed by atoms with Gasteiger partial charge in [0.05, 0.1) is 5.69 Å². The molecule has 2 aromatic heterocycles. The molecule has 0 aliphatic heterocycles. The summed E-state index contributed by atoms with van der Waals surface area (Å²) in [7, 11) is 0. The molecule has 1 aromatic carbocycles. The zero-order valence-electron chi connectivity index (χ0n) is 12.9. The van der Waals surface area contributed by atoms with Gasteiger partial charge < -0.3 is 9.15 Å². The number of nitrogens with zero attached hydrogens (tertiary/aromatic N) is 2. The number of hydrogen-bond acceptors (Lipinski definition) is 5. The largest absolute Gasteiger partial charge is 0.451 e. The number of benzene rings is 1. The highest BCUT2D eigenvalue weighted by Gasteiger charge is 2.23. The number of oxazole rings is 1. The fraction of sp³-hybridized carbons (Fsp3) is 0.167. The monoisotopic (exact) mass is 308 g/mol. The maximum Gasteiger partial charge on any atom is 0.361 e. The zero-order chi connectivity index (χ0) is 16.2. The minimum atomic E-state index is -0.529. The Labute approximate surface area is 134 Å². The van der Waals surface area contributed by atoms with Crippen LogP contribution in [0.4, 0.5) is 0 Å². The van der Waals surface area contributed by atoms with Crippen LogP contribution in [-0.4, -0.2) is 15.9 Å². The van der Waals surface area contributed by atoms with E-state index < -0.39 is 12.1 Å². The summed E-state index contributed by atoms with van der Waals surface area (Å²) in [5.41, 5.74) is 1.64. The Morgan fingerprint density at radius 3 is 2.57 bits per heavy atom. The lowest BCUT2D eigenvalue weighted by Crippen LogP contribution is -2.11. The molecule has 0 N–H and O–H groups in total. The van der Waals surface area contributed by atoms with Crippen LogP contribution in [-0.2, 0) is 4.74 Å². The maximum atomic E-state index is 12.5. The van der Waals surface area contributed by atoms with Crippen LogP contribution in [0.2, 0.25) is 0 Å². The minimum absolute atomic E-state index is 0.177. The van der Waals surface area contributed by atoms with Crippen molar-refractivity contribution in [3.05, 3.63) is 72.0 Å². The van der Waals surface area contributed by atoms with Crippen molar-refractivity contribution < 1.29 is 13.9 Å². The molecule has 3 rings (SSSR count). The number of ether oxygens (including phenoxy) is 1. The van der Waals surface area contributed by atoms with Gasteiger partial charge in [0.2, 0.25) is 0 Å². The second kappa shape index (κ2) is 6.44. The fourth-order valence-corrected chi connectivity index (χ4v) is 2.24. The van der Waals surface area contributed by atoms with E-state index in [1.54, 1.807) is 20.0 Å². The summed E-state index contributed by atoms with van der Waals surface area (Å²) in [5, 5.41) is 0. The van der Waals surface area contributed by atoms with E-state index in [9.17, 15) is 4.79 Å². The third-order valence-corrected chi connectivity index (χ3v) is 3.35. The summed E-state index contributed by atoms with van der Waals surface area (Å²) in [6.07, 6.45) is 1.19. The number of carbonyl (C=O) groups is 1. The van der Waals surface area contributed by atoms with E-state index in [1.807, 2.05) is 48.5 Å². The van der Waals surface area contributed by atoms with Gasteiger partial charge in [-0.05, 0) is 19.1 Å². The van der Waals surface area contributed by atoms with Crippen LogP contribution in [0.3, 0.4) is 0 Å². The Kier molecular flexibility index (Phi) is 4.19. The average molecular weight is 308 g/mol. The minimum Gasteiger partial charge on any atom is -0.451 e. The normalized spacial score (nSPS) is 11.9. The highest BCUT2D eigenvalue weighted by Crippen LogP contribution is 2.26. The highest BCUT2D eigenvalue weighted by atomic mass is 16.5. The molecule has 5 nitrogen and oxygen atoms in total. The molecule has 3 aromatic rings. The molecule has 0 saturated carbocycles. The second-order valence-electron chi connectivity index (χ2n) is 5.08. The summed E-state index contributed by atoms with van der Waals surface area (Å²) >= 11 is 0. The molecule has 5 heteroatoms. The van der Waals surface area contributed by atoms with Crippen molar-refractivity contribution in [2.75, 3.05) is 0 Å². The number of pyridine rings is 1. The van der Waals surface area contributed by atoms with Crippen LogP contribution in [0.5, 0.6) is 0 Å². The number of aromatic nitrogens is 2. The Balaban J connectivity index is 1.86. The molecular formula is C18H16N2O3. The molecule has 0 unspecified atom stereocenters. The van der Waals surface area contributed by atoms with Crippen molar-refractivity contribution in [2.24, 2.45) is 0 Å². The van der Waals surface area contributed by atoms with Gasteiger partial charge in [-0.25, -0.2) is 9.78 Å². The van der Waals surface area contributed by atoms with Crippen molar-refractivity contribution in [3.8, 4) is 11.3 Å². The SMILES string of the molecule is Cc1nc(C(=O)O[C@@H](C)c2ccccn2)c(-c2ccccc2)o1. The van der Waals surface area contributed by atoms with Crippen LogP contribution in [0, 0.1) is 6.92 Å². The van der Waals surface area contributed by atoms with E-state index in [4.69, 9.17) is 9.15 Å². The van der Waals surface area contributed by atoms with E-state index in [-0.39, 0.29) is 5.69 Å². The molecule has 0 fully saturated rings. The molecular weight excluding hydrogens is 292 g/mol. The first-order valence-corrected chi connectivity index (χ1v) is 7.30. The Bertz CT molecular complexity index is 798. The lowest BCUT2D eigenvalue weighted by molar-refractivity contribution is 0.0323. The Morgan fingerprint density at radius 1 is 1.13 bits per heavy atom. The first-order valence-electron chi connectivity index (χ1n) is 7.30.